The summed E-state index contributed by atoms with van der Waals surface area (Å²) in [5.74, 6) is -0.286. The summed E-state index contributed by atoms with van der Waals surface area (Å²) in [6.45, 7) is 1.90. The summed E-state index contributed by atoms with van der Waals surface area (Å²) >= 11 is 0. The minimum absolute atomic E-state index is 0.305. The number of likely N-dealkylation sites (tertiary alicyclic amines) is 1. The lowest BCUT2D eigenvalue weighted by molar-refractivity contribution is -0.143. The lowest BCUT2D eigenvalue weighted by atomic mass is 9.69. The molecule has 3 fully saturated rings. The highest BCUT2D eigenvalue weighted by Gasteiger charge is 2.41. The largest absolute Gasteiger partial charge is 0.480 e. The Morgan fingerprint density at radius 1 is 1.04 bits per heavy atom. The van der Waals surface area contributed by atoms with Crippen LogP contribution in [0.2, 0.25) is 0 Å². The highest BCUT2D eigenvalue weighted by molar-refractivity contribution is 5.74. The molecular formula is C16H26N2O5. The number of piperidine rings is 1. The van der Waals surface area contributed by atoms with Crippen LogP contribution in [0.1, 0.15) is 32.1 Å². The van der Waals surface area contributed by atoms with Crippen LogP contribution in [0.15, 0.2) is 0 Å². The van der Waals surface area contributed by atoms with Gasteiger partial charge in [0, 0.05) is 19.5 Å². The molecule has 2 heterocycles. The molecule has 23 heavy (non-hydrogen) atoms. The molecule has 7 heteroatoms. The SMILES string of the molecule is O=C(O)[C@@H]1C[C@H]2C[C@@H](CN3C[C@H](O)C[C@H]3C(=O)O)CC[C@H]2CN1. The first-order valence-corrected chi connectivity index (χ1v) is 8.55. The first-order valence-electron chi connectivity index (χ1n) is 8.55. The van der Waals surface area contributed by atoms with Crippen molar-refractivity contribution in [3.8, 4) is 0 Å². The van der Waals surface area contributed by atoms with E-state index >= 15 is 0 Å². The van der Waals surface area contributed by atoms with E-state index in [4.69, 9.17) is 0 Å². The number of carboxylic acids is 2. The van der Waals surface area contributed by atoms with Crippen molar-refractivity contribution in [3.63, 3.8) is 0 Å². The monoisotopic (exact) mass is 326 g/mol. The Balaban J connectivity index is 1.57. The zero-order valence-electron chi connectivity index (χ0n) is 13.2. The van der Waals surface area contributed by atoms with Crippen LogP contribution in [0.5, 0.6) is 0 Å². The number of nitrogens with zero attached hydrogens (tertiary/aromatic N) is 1. The minimum Gasteiger partial charge on any atom is -0.480 e. The number of hydrogen-bond donors (Lipinski definition) is 4. The fourth-order valence-corrected chi connectivity index (χ4v) is 4.68. The van der Waals surface area contributed by atoms with Gasteiger partial charge in [0.2, 0.25) is 0 Å². The first-order chi connectivity index (χ1) is 10.9. The highest BCUT2D eigenvalue weighted by Crippen LogP contribution is 2.39. The molecule has 1 saturated carbocycles. The molecule has 0 unspecified atom stereocenters. The standard InChI is InChI=1S/C16H26N2O5/c19-12-5-14(16(22)23)18(8-12)7-9-1-2-10-6-17-13(15(20)21)4-11(10)3-9/h9-14,17,19H,1-8H2,(H,20,21)(H,22,23)/t9-,10-,11+,12+,13-,14-/m0/s1. The van der Waals surface area contributed by atoms with Crippen LogP contribution in [0.4, 0.5) is 0 Å². The molecule has 0 spiro atoms. The van der Waals surface area contributed by atoms with Crippen molar-refractivity contribution in [1.29, 1.82) is 0 Å². The zero-order valence-corrected chi connectivity index (χ0v) is 13.2. The van der Waals surface area contributed by atoms with Crippen molar-refractivity contribution in [1.82, 2.24) is 10.2 Å². The molecule has 3 aliphatic rings. The van der Waals surface area contributed by atoms with Crippen LogP contribution in [0.3, 0.4) is 0 Å². The maximum atomic E-state index is 11.3. The van der Waals surface area contributed by atoms with Gasteiger partial charge < -0.3 is 20.6 Å². The third-order valence-electron chi connectivity index (χ3n) is 5.87. The van der Waals surface area contributed by atoms with Crippen LogP contribution >= 0.6 is 0 Å². The highest BCUT2D eigenvalue weighted by atomic mass is 16.4. The van der Waals surface area contributed by atoms with E-state index in [-0.39, 0.29) is 0 Å². The molecule has 4 N–H and O–H groups in total. The number of nitrogens with one attached hydrogen (secondary N) is 1. The Labute approximate surface area is 135 Å². The van der Waals surface area contributed by atoms with Crippen LogP contribution in [0, 0.1) is 17.8 Å². The fourth-order valence-electron chi connectivity index (χ4n) is 4.68. The maximum Gasteiger partial charge on any atom is 0.321 e. The van der Waals surface area contributed by atoms with Gasteiger partial charge in [0.05, 0.1) is 6.10 Å². The van der Waals surface area contributed by atoms with E-state index in [1.807, 2.05) is 4.90 Å². The summed E-state index contributed by atoms with van der Waals surface area (Å²) in [5, 5.41) is 31.3. The van der Waals surface area contributed by atoms with E-state index in [2.05, 4.69) is 5.32 Å². The Kier molecular flexibility index (Phi) is 4.89. The number of aliphatic hydroxyl groups is 1. The molecule has 0 aromatic carbocycles. The molecular weight excluding hydrogens is 300 g/mol. The third kappa shape index (κ3) is 3.67. The molecule has 0 bridgehead atoms. The van der Waals surface area contributed by atoms with Crippen molar-refractivity contribution in [2.24, 2.45) is 17.8 Å². The van der Waals surface area contributed by atoms with Crippen molar-refractivity contribution >= 4 is 11.9 Å². The van der Waals surface area contributed by atoms with E-state index in [0.717, 1.165) is 25.8 Å². The van der Waals surface area contributed by atoms with Crippen LogP contribution in [-0.4, -0.2) is 70.0 Å². The molecule has 1 aliphatic carbocycles. The number of fused-ring (bicyclic) bond motifs is 1. The van der Waals surface area contributed by atoms with E-state index in [1.54, 1.807) is 0 Å². The second-order valence-electron chi connectivity index (χ2n) is 7.43. The minimum atomic E-state index is -0.858. The van der Waals surface area contributed by atoms with Gasteiger partial charge in [0.25, 0.3) is 0 Å². The van der Waals surface area contributed by atoms with Gasteiger partial charge in [-0.05, 0) is 50.0 Å². The summed E-state index contributed by atoms with van der Waals surface area (Å²) in [6.07, 6.45) is 3.51. The predicted molar refractivity (Wildman–Crippen MR) is 82.0 cm³/mol. The number of carboxylic acid groups (broad SMARTS) is 2. The van der Waals surface area contributed by atoms with Gasteiger partial charge >= 0.3 is 11.9 Å². The second-order valence-corrected chi connectivity index (χ2v) is 7.43. The molecule has 130 valence electrons. The topological polar surface area (TPSA) is 110 Å². The number of hydrogen-bond acceptors (Lipinski definition) is 5. The molecule has 0 amide bonds. The Morgan fingerprint density at radius 3 is 2.52 bits per heavy atom. The summed E-state index contributed by atoms with van der Waals surface area (Å²) in [4.78, 5) is 24.4. The summed E-state index contributed by atoms with van der Waals surface area (Å²) in [6, 6.07) is -1.03. The molecule has 2 aliphatic heterocycles. The van der Waals surface area contributed by atoms with Gasteiger partial charge in [-0.25, -0.2) is 0 Å². The number of carbonyl (C=O) groups is 2. The molecule has 7 nitrogen and oxygen atoms in total. The number of rotatable bonds is 4. The first kappa shape index (κ1) is 16.7. The quantitative estimate of drug-likeness (QED) is 0.575. The normalized spacial score (nSPS) is 41.4. The lowest BCUT2D eigenvalue weighted by Crippen LogP contribution is -2.50. The van der Waals surface area contributed by atoms with Crippen molar-refractivity contribution < 1.29 is 24.9 Å². The Bertz CT molecular complexity index is 471. The summed E-state index contributed by atoms with van der Waals surface area (Å²) in [5.41, 5.74) is 0. The maximum absolute atomic E-state index is 11.3. The third-order valence-corrected chi connectivity index (χ3v) is 5.87. The molecule has 6 atom stereocenters. The zero-order chi connectivity index (χ0) is 16.6. The summed E-state index contributed by atoms with van der Waals surface area (Å²) < 4.78 is 0. The summed E-state index contributed by atoms with van der Waals surface area (Å²) in [7, 11) is 0. The van der Waals surface area contributed by atoms with E-state index in [0.29, 0.717) is 43.7 Å². The smallest absolute Gasteiger partial charge is 0.321 e. The number of aliphatic hydroxyl groups excluding tert-OH is 1. The number of aliphatic carboxylic acids is 2. The van der Waals surface area contributed by atoms with Crippen LogP contribution in [-0.2, 0) is 9.59 Å². The molecule has 0 aromatic heterocycles. The molecule has 0 radical (unpaired) electrons. The fraction of sp³-hybridized carbons (Fsp3) is 0.875. The lowest BCUT2D eigenvalue weighted by Gasteiger charge is -2.42. The van der Waals surface area contributed by atoms with Gasteiger partial charge in [-0.1, -0.05) is 0 Å². The number of β-amino-alcohol motifs (C(OH)–C–C–N with tert-alkyl or cyclic N) is 1. The van der Waals surface area contributed by atoms with Crippen molar-refractivity contribution in [2.75, 3.05) is 19.6 Å². The van der Waals surface area contributed by atoms with Gasteiger partial charge in [0.1, 0.15) is 12.1 Å². The van der Waals surface area contributed by atoms with Crippen molar-refractivity contribution in [3.05, 3.63) is 0 Å². The molecule has 3 rings (SSSR count). The predicted octanol–water partition coefficient (Wildman–Crippen LogP) is -0.0148. The van der Waals surface area contributed by atoms with Gasteiger partial charge in [-0.3, -0.25) is 14.5 Å². The van der Waals surface area contributed by atoms with Gasteiger partial charge in [-0.2, -0.15) is 0 Å². The molecule has 2 saturated heterocycles. The molecule has 0 aromatic rings. The van der Waals surface area contributed by atoms with E-state index in [1.165, 1.54) is 0 Å². The van der Waals surface area contributed by atoms with Crippen LogP contribution in [0.25, 0.3) is 0 Å². The average molecular weight is 326 g/mol. The van der Waals surface area contributed by atoms with Crippen molar-refractivity contribution in [2.45, 2.75) is 50.3 Å². The Hall–Kier alpha value is -1.18. The van der Waals surface area contributed by atoms with E-state index < -0.39 is 30.1 Å². The van der Waals surface area contributed by atoms with Crippen LogP contribution < -0.4 is 5.32 Å². The Morgan fingerprint density at radius 2 is 1.83 bits per heavy atom. The second kappa shape index (κ2) is 6.75. The average Bonchev–Trinajstić information content (AvgIpc) is 2.87. The van der Waals surface area contributed by atoms with Gasteiger partial charge in [-0.15, -0.1) is 0 Å². The van der Waals surface area contributed by atoms with Gasteiger partial charge in [0.15, 0.2) is 0 Å². The van der Waals surface area contributed by atoms with E-state index in [9.17, 15) is 24.9 Å².